The zero-order chi connectivity index (χ0) is 19.3. The molecule has 28 heavy (non-hydrogen) atoms. The number of anilines is 1. The van der Waals surface area contributed by atoms with Crippen LogP contribution in [0.2, 0.25) is 0 Å². The molecule has 0 fully saturated rings. The molecule has 0 radical (unpaired) electrons. The normalized spacial score (nSPS) is 14.2. The number of hydrogen-bond donors (Lipinski definition) is 2. The van der Waals surface area contributed by atoms with Crippen molar-refractivity contribution in [2.24, 2.45) is 0 Å². The average molecular weight is 393 g/mol. The van der Waals surface area contributed by atoms with E-state index in [1.807, 2.05) is 25.1 Å². The first-order valence-corrected chi connectivity index (χ1v) is 10.2. The van der Waals surface area contributed by atoms with Crippen molar-refractivity contribution in [3.05, 3.63) is 51.0 Å². The van der Waals surface area contributed by atoms with Gasteiger partial charge in [-0.25, -0.2) is 4.98 Å². The highest BCUT2D eigenvalue weighted by Gasteiger charge is 2.22. The highest BCUT2D eigenvalue weighted by atomic mass is 32.1. The van der Waals surface area contributed by atoms with E-state index in [2.05, 4.69) is 15.5 Å². The van der Waals surface area contributed by atoms with Crippen molar-refractivity contribution >= 4 is 44.1 Å². The second kappa shape index (κ2) is 6.56. The lowest BCUT2D eigenvalue weighted by molar-refractivity contribution is 0.103. The van der Waals surface area contributed by atoms with Gasteiger partial charge in [-0.1, -0.05) is 6.42 Å². The van der Waals surface area contributed by atoms with Crippen molar-refractivity contribution in [3.63, 3.8) is 0 Å². The van der Waals surface area contributed by atoms with E-state index in [-0.39, 0.29) is 11.5 Å². The summed E-state index contributed by atoms with van der Waals surface area (Å²) in [5, 5.41) is 11.3. The van der Waals surface area contributed by atoms with Crippen LogP contribution in [0.25, 0.3) is 21.1 Å². The van der Waals surface area contributed by atoms with E-state index in [0.717, 1.165) is 42.4 Å². The highest BCUT2D eigenvalue weighted by molar-refractivity contribution is 7.20. The molecule has 0 saturated heterocycles. The van der Waals surface area contributed by atoms with Gasteiger partial charge >= 0.3 is 0 Å². The van der Waals surface area contributed by atoms with Gasteiger partial charge in [-0.2, -0.15) is 5.10 Å². The summed E-state index contributed by atoms with van der Waals surface area (Å²) in [5.74, 6) is 0.622. The Kier molecular flexibility index (Phi) is 4.01. The number of aryl methyl sites for hydroxylation is 2. The van der Waals surface area contributed by atoms with Crippen molar-refractivity contribution in [2.45, 2.75) is 39.2 Å². The fourth-order valence-electron chi connectivity index (χ4n) is 3.83. The molecule has 4 aromatic rings. The van der Waals surface area contributed by atoms with Crippen LogP contribution in [0.15, 0.2) is 29.2 Å². The first-order chi connectivity index (χ1) is 13.6. The Morgan fingerprint density at radius 1 is 1.29 bits per heavy atom. The van der Waals surface area contributed by atoms with Gasteiger partial charge in [-0.15, -0.1) is 11.3 Å². The minimum absolute atomic E-state index is 0.0190. The summed E-state index contributed by atoms with van der Waals surface area (Å²) < 4.78 is 1.80. The lowest BCUT2D eigenvalue weighted by Crippen LogP contribution is -2.24. The molecule has 5 rings (SSSR count). The van der Waals surface area contributed by atoms with Gasteiger partial charge in [0.2, 0.25) is 0 Å². The highest BCUT2D eigenvalue weighted by Crippen LogP contribution is 2.29. The molecule has 1 aliphatic heterocycles. The molecule has 0 aliphatic carbocycles. The van der Waals surface area contributed by atoms with Gasteiger partial charge in [0.1, 0.15) is 10.7 Å². The summed E-state index contributed by atoms with van der Waals surface area (Å²) in [4.78, 5) is 31.9. The number of fused-ring (bicyclic) bond motifs is 3. The number of carbonyl (C=O) groups is 1. The van der Waals surface area contributed by atoms with E-state index in [4.69, 9.17) is 4.98 Å². The Labute approximate surface area is 164 Å². The number of aromatic amines is 1. The molecule has 0 unspecified atom stereocenters. The molecule has 0 saturated carbocycles. The maximum atomic E-state index is 13.0. The van der Waals surface area contributed by atoms with Crippen molar-refractivity contribution in [1.29, 1.82) is 0 Å². The number of thiophene rings is 1. The maximum absolute atomic E-state index is 13.0. The monoisotopic (exact) mass is 393 g/mol. The first-order valence-electron chi connectivity index (χ1n) is 9.39. The zero-order valence-electron chi connectivity index (χ0n) is 15.4. The van der Waals surface area contributed by atoms with Crippen molar-refractivity contribution < 1.29 is 4.79 Å². The number of amides is 1. The van der Waals surface area contributed by atoms with Crippen LogP contribution in [0.4, 0.5) is 5.69 Å². The number of aromatic nitrogens is 4. The van der Waals surface area contributed by atoms with Crippen LogP contribution in [0.5, 0.6) is 0 Å². The number of rotatable bonds is 2. The van der Waals surface area contributed by atoms with E-state index >= 15 is 0 Å². The summed E-state index contributed by atoms with van der Waals surface area (Å²) in [7, 11) is 0. The predicted octanol–water partition coefficient (Wildman–Crippen LogP) is 3.62. The largest absolute Gasteiger partial charge is 0.321 e. The van der Waals surface area contributed by atoms with E-state index in [1.165, 1.54) is 11.3 Å². The third-order valence-electron chi connectivity index (χ3n) is 5.32. The molecule has 142 valence electrons. The van der Waals surface area contributed by atoms with Crippen molar-refractivity contribution in [2.75, 3.05) is 5.32 Å². The number of carbonyl (C=O) groups excluding carboxylic acids is 1. The van der Waals surface area contributed by atoms with E-state index in [1.54, 1.807) is 10.8 Å². The number of H-pyrrole nitrogens is 1. The van der Waals surface area contributed by atoms with Crippen molar-refractivity contribution in [1.82, 2.24) is 19.7 Å². The maximum Gasteiger partial charge on any atom is 0.266 e. The van der Waals surface area contributed by atoms with Gasteiger partial charge in [0, 0.05) is 24.0 Å². The standard InChI is InChI=1S/C20H19N5O2S/c1-11-16-19(23-15-5-3-2-4-8-25(15)20(16)27)28-17(11)18(26)22-13-6-7-14-12(9-13)10-21-24-14/h6-7,9-10H,2-5,8H2,1H3,(H,21,24)(H,22,26). The van der Waals surface area contributed by atoms with Crippen LogP contribution >= 0.6 is 11.3 Å². The van der Waals surface area contributed by atoms with Crippen molar-refractivity contribution in [3.8, 4) is 0 Å². The first kappa shape index (κ1) is 17.1. The molecule has 0 spiro atoms. The van der Waals surface area contributed by atoms with Gasteiger partial charge in [-0.05, 0) is 43.5 Å². The zero-order valence-corrected chi connectivity index (χ0v) is 16.2. The number of nitrogens with one attached hydrogen (secondary N) is 2. The summed E-state index contributed by atoms with van der Waals surface area (Å²) in [6, 6.07) is 5.58. The van der Waals surface area contributed by atoms with Gasteiger partial charge < -0.3 is 5.32 Å². The second-order valence-electron chi connectivity index (χ2n) is 7.16. The summed E-state index contributed by atoms with van der Waals surface area (Å²) >= 11 is 1.30. The Bertz CT molecular complexity index is 1280. The number of nitrogens with zero attached hydrogens (tertiary/aromatic N) is 3. The third kappa shape index (κ3) is 2.72. The van der Waals surface area contributed by atoms with Gasteiger partial charge in [0.25, 0.3) is 11.5 Å². The van der Waals surface area contributed by atoms with Crippen LogP contribution in [-0.2, 0) is 13.0 Å². The second-order valence-corrected chi connectivity index (χ2v) is 8.16. The smallest absolute Gasteiger partial charge is 0.266 e. The van der Waals surface area contributed by atoms with Gasteiger partial charge in [-0.3, -0.25) is 19.3 Å². The minimum Gasteiger partial charge on any atom is -0.321 e. The van der Waals surface area contributed by atoms with E-state index in [0.29, 0.717) is 32.9 Å². The van der Waals surface area contributed by atoms with E-state index < -0.39 is 0 Å². The molecule has 4 heterocycles. The lowest BCUT2D eigenvalue weighted by atomic mass is 10.2. The molecule has 2 N–H and O–H groups in total. The fraction of sp³-hybridized carbons (Fsp3) is 0.300. The van der Waals surface area contributed by atoms with Crippen LogP contribution in [0.1, 0.15) is 40.3 Å². The van der Waals surface area contributed by atoms with E-state index in [9.17, 15) is 9.59 Å². The summed E-state index contributed by atoms with van der Waals surface area (Å²) in [6.07, 6.45) is 5.69. The topological polar surface area (TPSA) is 92.7 Å². The summed E-state index contributed by atoms with van der Waals surface area (Å²) in [6.45, 7) is 2.54. The molecule has 1 amide bonds. The Morgan fingerprint density at radius 2 is 2.18 bits per heavy atom. The number of benzene rings is 1. The van der Waals surface area contributed by atoms with Crippen LogP contribution < -0.4 is 10.9 Å². The molecule has 8 heteroatoms. The van der Waals surface area contributed by atoms with Crippen LogP contribution in [0.3, 0.4) is 0 Å². The SMILES string of the molecule is Cc1c(C(=O)Nc2ccc3[nH]ncc3c2)sc2nc3n(c(=O)c12)CCCCC3. The number of hydrogen-bond acceptors (Lipinski definition) is 5. The molecular formula is C20H19N5O2S. The molecule has 0 bridgehead atoms. The fourth-order valence-corrected chi connectivity index (χ4v) is 4.92. The van der Waals surface area contributed by atoms with Crippen LogP contribution in [0, 0.1) is 6.92 Å². The summed E-state index contributed by atoms with van der Waals surface area (Å²) in [5.41, 5.74) is 2.29. The predicted molar refractivity (Wildman–Crippen MR) is 110 cm³/mol. The quantitative estimate of drug-likeness (QED) is 0.544. The van der Waals surface area contributed by atoms with Gasteiger partial charge in [0.05, 0.1) is 22.0 Å². The molecular weight excluding hydrogens is 374 g/mol. The molecule has 1 aliphatic rings. The minimum atomic E-state index is -0.220. The lowest BCUT2D eigenvalue weighted by Gasteiger charge is -2.08. The van der Waals surface area contributed by atoms with Gasteiger partial charge in [0.15, 0.2) is 0 Å². The Hall–Kier alpha value is -3.00. The third-order valence-corrected chi connectivity index (χ3v) is 6.50. The molecule has 1 aromatic carbocycles. The average Bonchev–Trinajstić information content (AvgIpc) is 3.18. The Balaban J connectivity index is 1.55. The van der Waals surface area contributed by atoms with Crippen LogP contribution in [-0.4, -0.2) is 25.7 Å². The molecule has 3 aromatic heterocycles. The Morgan fingerprint density at radius 3 is 3.07 bits per heavy atom. The molecule has 0 atom stereocenters. The molecule has 7 nitrogen and oxygen atoms in total.